The number of carbonyl (C=O) groups excluding carboxylic acids is 1. The van der Waals surface area contributed by atoms with Gasteiger partial charge in [0, 0.05) is 16.8 Å². The zero-order valence-corrected chi connectivity index (χ0v) is 12.5. The number of nitrogens with zero attached hydrogens (tertiary/aromatic N) is 1. The van der Waals surface area contributed by atoms with Gasteiger partial charge in [-0.1, -0.05) is 18.2 Å². The molecule has 1 amide bonds. The van der Waals surface area contributed by atoms with E-state index in [4.69, 9.17) is 0 Å². The predicted molar refractivity (Wildman–Crippen MR) is 80.9 cm³/mol. The minimum Gasteiger partial charge on any atom is -0.369 e. The maximum absolute atomic E-state index is 12.4. The quantitative estimate of drug-likeness (QED) is 0.891. The van der Waals surface area contributed by atoms with Crippen LogP contribution in [0.2, 0.25) is 0 Å². The Morgan fingerprint density at radius 1 is 1.09 bits per heavy atom. The largest absolute Gasteiger partial charge is 0.369 e. The molecule has 114 valence electrons. The van der Waals surface area contributed by atoms with Gasteiger partial charge in [-0.3, -0.25) is 9.69 Å². The second-order valence-electron chi connectivity index (χ2n) is 4.84. The summed E-state index contributed by atoms with van der Waals surface area (Å²) in [6.07, 6.45) is -1.07. The lowest BCUT2D eigenvalue weighted by Crippen LogP contribution is -2.27. The number of nitrogens with one attached hydrogen (secondary N) is 1. The molecule has 3 rings (SSSR count). The van der Waals surface area contributed by atoms with Crippen LogP contribution in [-0.4, -0.2) is 26.5 Å². The van der Waals surface area contributed by atoms with Crippen LogP contribution in [0.15, 0.2) is 53.4 Å². The number of hydrogen-bond donors (Lipinski definition) is 2. The first kappa shape index (κ1) is 14.7. The molecule has 2 aromatic rings. The van der Waals surface area contributed by atoms with E-state index < -0.39 is 16.3 Å². The van der Waals surface area contributed by atoms with Crippen LogP contribution in [0, 0.1) is 0 Å². The van der Waals surface area contributed by atoms with Crippen molar-refractivity contribution >= 4 is 21.6 Å². The van der Waals surface area contributed by atoms with E-state index in [1.807, 2.05) is 0 Å². The fraction of sp³-hybridized carbons (Fsp3) is 0.133. The molecule has 0 saturated carbocycles. The van der Waals surface area contributed by atoms with Crippen LogP contribution in [-0.2, 0) is 10.0 Å². The van der Waals surface area contributed by atoms with E-state index in [0.717, 1.165) is 0 Å². The lowest BCUT2D eigenvalue weighted by Gasteiger charge is -2.21. The second kappa shape index (κ2) is 5.20. The highest BCUT2D eigenvalue weighted by atomic mass is 32.2. The summed E-state index contributed by atoms with van der Waals surface area (Å²) in [4.78, 5) is 13.7. The van der Waals surface area contributed by atoms with Crippen molar-refractivity contribution in [1.82, 2.24) is 4.72 Å². The standard InChI is InChI=1S/C15H14N2O4S/c1-16-22(20,21)11-8-6-10(7-9-11)17-14(18)12-4-2-3-5-13(12)15(17)19/h2-9,14,16,18H,1H3. The minimum atomic E-state index is -3.54. The van der Waals surface area contributed by atoms with Crippen LogP contribution in [0.5, 0.6) is 0 Å². The minimum absolute atomic E-state index is 0.0948. The Labute approximate surface area is 128 Å². The van der Waals surface area contributed by atoms with Crippen molar-refractivity contribution in [2.45, 2.75) is 11.1 Å². The summed E-state index contributed by atoms with van der Waals surface area (Å²) < 4.78 is 25.6. The van der Waals surface area contributed by atoms with Crippen LogP contribution >= 0.6 is 0 Å². The topological polar surface area (TPSA) is 86.7 Å². The molecule has 2 N–H and O–H groups in total. The highest BCUT2D eigenvalue weighted by Gasteiger charge is 2.36. The molecular weight excluding hydrogens is 304 g/mol. The van der Waals surface area contributed by atoms with Crippen molar-refractivity contribution in [3.8, 4) is 0 Å². The molecule has 0 aliphatic carbocycles. The molecule has 0 bridgehead atoms. The summed E-state index contributed by atoms with van der Waals surface area (Å²) in [6, 6.07) is 12.6. The molecule has 1 aliphatic rings. The number of aliphatic hydroxyl groups is 1. The zero-order valence-electron chi connectivity index (χ0n) is 11.7. The van der Waals surface area contributed by atoms with Gasteiger partial charge < -0.3 is 5.11 Å². The maximum Gasteiger partial charge on any atom is 0.261 e. The summed E-state index contributed by atoms with van der Waals surface area (Å²) in [6.45, 7) is 0. The van der Waals surface area contributed by atoms with Crippen molar-refractivity contribution in [2.24, 2.45) is 0 Å². The van der Waals surface area contributed by atoms with Crippen molar-refractivity contribution in [2.75, 3.05) is 11.9 Å². The van der Waals surface area contributed by atoms with Crippen LogP contribution < -0.4 is 9.62 Å². The number of hydrogen-bond acceptors (Lipinski definition) is 4. The average Bonchev–Trinajstić information content (AvgIpc) is 2.79. The van der Waals surface area contributed by atoms with Gasteiger partial charge in [0.2, 0.25) is 10.0 Å². The van der Waals surface area contributed by atoms with Gasteiger partial charge in [0.05, 0.1) is 4.90 Å². The van der Waals surface area contributed by atoms with Crippen molar-refractivity contribution in [1.29, 1.82) is 0 Å². The zero-order chi connectivity index (χ0) is 15.9. The van der Waals surface area contributed by atoms with Gasteiger partial charge >= 0.3 is 0 Å². The third kappa shape index (κ3) is 2.19. The number of amides is 1. The highest BCUT2D eigenvalue weighted by Crippen LogP contribution is 2.35. The molecule has 22 heavy (non-hydrogen) atoms. The Bertz CT molecular complexity index is 831. The molecule has 6 nitrogen and oxygen atoms in total. The third-order valence-corrected chi connectivity index (χ3v) is 5.06. The Hall–Kier alpha value is -2.22. The van der Waals surface area contributed by atoms with E-state index in [9.17, 15) is 18.3 Å². The number of carbonyl (C=O) groups is 1. The lowest BCUT2D eigenvalue weighted by atomic mass is 10.1. The van der Waals surface area contributed by atoms with Gasteiger partial charge in [0.25, 0.3) is 5.91 Å². The number of sulfonamides is 1. The first-order valence-electron chi connectivity index (χ1n) is 6.60. The normalized spacial score (nSPS) is 17.6. The molecule has 0 radical (unpaired) electrons. The molecule has 1 heterocycles. The van der Waals surface area contributed by atoms with Crippen molar-refractivity contribution in [3.63, 3.8) is 0 Å². The summed E-state index contributed by atoms with van der Waals surface area (Å²) in [5, 5.41) is 10.3. The molecule has 0 spiro atoms. The Balaban J connectivity index is 1.98. The summed E-state index contributed by atoms with van der Waals surface area (Å²) in [5.41, 5.74) is 1.42. The number of rotatable bonds is 3. The average molecular weight is 318 g/mol. The molecule has 2 aromatic carbocycles. The van der Waals surface area contributed by atoms with Crippen molar-refractivity contribution < 1.29 is 18.3 Å². The smallest absolute Gasteiger partial charge is 0.261 e. The summed E-state index contributed by atoms with van der Waals surface area (Å²) in [7, 11) is -2.21. The van der Waals surface area contributed by atoms with Gasteiger partial charge in [-0.15, -0.1) is 0 Å². The predicted octanol–water partition coefficient (Wildman–Crippen LogP) is 1.25. The fourth-order valence-corrected chi connectivity index (χ4v) is 3.19. The molecule has 1 aliphatic heterocycles. The van der Waals surface area contributed by atoms with E-state index in [-0.39, 0.29) is 10.8 Å². The second-order valence-corrected chi connectivity index (χ2v) is 6.72. The lowest BCUT2D eigenvalue weighted by molar-refractivity contribution is 0.0935. The number of anilines is 1. The van der Waals surface area contributed by atoms with Crippen LogP contribution in [0.4, 0.5) is 5.69 Å². The van der Waals surface area contributed by atoms with Crippen LogP contribution in [0.1, 0.15) is 22.1 Å². The van der Waals surface area contributed by atoms with Gasteiger partial charge in [-0.05, 0) is 37.4 Å². The van der Waals surface area contributed by atoms with Gasteiger partial charge in [0.1, 0.15) is 0 Å². The van der Waals surface area contributed by atoms with Crippen LogP contribution in [0.3, 0.4) is 0 Å². The number of fused-ring (bicyclic) bond motifs is 1. The van der Waals surface area contributed by atoms with Gasteiger partial charge in [0.15, 0.2) is 6.23 Å². The Kier molecular flexibility index (Phi) is 3.48. The Morgan fingerprint density at radius 2 is 1.73 bits per heavy atom. The van der Waals surface area contributed by atoms with E-state index in [0.29, 0.717) is 16.8 Å². The molecule has 0 saturated heterocycles. The molecule has 0 fully saturated rings. The van der Waals surface area contributed by atoms with E-state index >= 15 is 0 Å². The van der Waals surface area contributed by atoms with E-state index in [1.165, 1.54) is 36.2 Å². The third-order valence-electron chi connectivity index (χ3n) is 3.63. The molecule has 7 heteroatoms. The van der Waals surface area contributed by atoms with Crippen LogP contribution in [0.25, 0.3) is 0 Å². The van der Waals surface area contributed by atoms with Crippen molar-refractivity contribution in [3.05, 3.63) is 59.7 Å². The fourth-order valence-electron chi connectivity index (χ4n) is 2.46. The Morgan fingerprint density at radius 3 is 2.32 bits per heavy atom. The van der Waals surface area contributed by atoms with Gasteiger partial charge in [-0.2, -0.15) is 0 Å². The first-order chi connectivity index (χ1) is 10.5. The van der Waals surface area contributed by atoms with E-state index in [1.54, 1.807) is 24.3 Å². The maximum atomic E-state index is 12.4. The number of benzene rings is 2. The summed E-state index contributed by atoms with van der Waals surface area (Å²) >= 11 is 0. The monoisotopic (exact) mass is 318 g/mol. The molecule has 1 atom stereocenters. The molecule has 0 aromatic heterocycles. The highest BCUT2D eigenvalue weighted by molar-refractivity contribution is 7.89. The molecular formula is C15H14N2O4S. The molecule has 1 unspecified atom stereocenters. The number of aliphatic hydroxyl groups excluding tert-OH is 1. The van der Waals surface area contributed by atoms with Gasteiger partial charge in [-0.25, -0.2) is 13.1 Å². The van der Waals surface area contributed by atoms with E-state index in [2.05, 4.69) is 4.72 Å². The summed E-state index contributed by atoms with van der Waals surface area (Å²) in [5.74, 6) is -0.313. The SMILES string of the molecule is CNS(=O)(=O)c1ccc(N2C(=O)c3ccccc3C2O)cc1. The first-order valence-corrected chi connectivity index (χ1v) is 8.08.